The van der Waals surface area contributed by atoms with E-state index in [0.29, 0.717) is 18.3 Å². The second kappa shape index (κ2) is 10.2. The standard InChI is InChI=1S/C39H54O5/c1-34(2)22-23-39(33(42)43)21-16-29-37(6)18-14-27-35(3,4)31(44-32(41)13-10-25-8-11-26(40)12-9-25)17-20-36(27,5)28(37)15-19-38(29,7)30(39)24-34/h8-13,16,27-28,30-31,40H,14-15,17-24H2,1-7H3,(H,42,43)/b13-10+/t27?,28-,30+,31-,36+,37-,38-,39-/m1/s1. The van der Waals surface area contributed by atoms with Crippen LogP contribution in [-0.2, 0) is 14.3 Å². The first kappa shape index (κ1) is 31.4. The summed E-state index contributed by atoms with van der Waals surface area (Å²) in [6.07, 6.45) is 15.3. The predicted octanol–water partition coefficient (Wildman–Crippen LogP) is 9.20. The minimum Gasteiger partial charge on any atom is -0.508 e. The molecule has 6 rings (SSSR count). The van der Waals surface area contributed by atoms with E-state index in [2.05, 4.69) is 54.5 Å². The maximum absolute atomic E-state index is 13.0. The number of carboxylic acids is 1. The largest absolute Gasteiger partial charge is 0.508 e. The van der Waals surface area contributed by atoms with Crippen molar-refractivity contribution < 1.29 is 24.5 Å². The van der Waals surface area contributed by atoms with E-state index in [-0.39, 0.29) is 50.8 Å². The molecule has 0 heterocycles. The molecule has 0 radical (unpaired) electrons. The summed E-state index contributed by atoms with van der Waals surface area (Å²) < 4.78 is 6.18. The molecule has 4 fully saturated rings. The second-order valence-corrected chi connectivity index (χ2v) is 17.4. The highest BCUT2D eigenvalue weighted by atomic mass is 16.5. The Balaban J connectivity index is 1.25. The number of fused-ring (bicyclic) bond motifs is 7. The quantitative estimate of drug-likeness (QED) is 0.204. The number of ether oxygens (including phenoxy) is 1. The monoisotopic (exact) mass is 602 g/mol. The van der Waals surface area contributed by atoms with Crippen LogP contribution < -0.4 is 0 Å². The van der Waals surface area contributed by atoms with Crippen LogP contribution in [0.2, 0.25) is 0 Å². The molecule has 0 spiro atoms. The molecule has 0 aromatic heterocycles. The molecule has 5 aliphatic carbocycles. The van der Waals surface area contributed by atoms with E-state index in [1.165, 1.54) is 6.08 Å². The molecule has 0 amide bonds. The van der Waals surface area contributed by atoms with Gasteiger partial charge in [-0.1, -0.05) is 72.2 Å². The molecule has 4 saturated carbocycles. The number of phenols is 1. The molecule has 1 unspecified atom stereocenters. The third-order valence-corrected chi connectivity index (χ3v) is 14.3. The second-order valence-electron chi connectivity index (χ2n) is 17.4. The SMILES string of the molecule is CC1(C)CC[C@]2(C(=O)O)CC=C3[C@]4(C)CCC5C(C)(C)[C@H](OC(=O)/C=C/c6ccc(O)cc6)CC[C@]5(C)[C@H]4CC[C@@]3(C)[C@@H]2C1. The van der Waals surface area contributed by atoms with E-state index in [1.54, 1.807) is 35.9 Å². The number of esters is 1. The number of benzene rings is 1. The van der Waals surface area contributed by atoms with Crippen molar-refractivity contribution in [3.05, 3.63) is 47.6 Å². The zero-order valence-corrected chi connectivity index (χ0v) is 28.0. The van der Waals surface area contributed by atoms with Crippen LogP contribution in [0.5, 0.6) is 5.75 Å². The van der Waals surface area contributed by atoms with Crippen LogP contribution in [0.15, 0.2) is 42.0 Å². The van der Waals surface area contributed by atoms with E-state index < -0.39 is 11.4 Å². The van der Waals surface area contributed by atoms with Gasteiger partial charge in [0.25, 0.3) is 0 Å². The van der Waals surface area contributed by atoms with Gasteiger partial charge < -0.3 is 14.9 Å². The number of allylic oxidation sites excluding steroid dienone is 2. The molecule has 240 valence electrons. The Labute approximate surface area is 264 Å². The Hall–Kier alpha value is -2.56. The van der Waals surface area contributed by atoms with Gasteiger partial charge in [0.05, 0.1) is 5.41 Å². The molecule has 0 bridgehead atoms. The summed E-state index contributed by atoms with van der Waals surface area (Å²) in [6, 6.07) is 6.79. The smallest absolute Gasteiger partial charge is 0.331 e. The van der Waals surface area contributed by atoms with Crippen molar-refractivity contribution >= 4 is 18.0 Å². The number of aliphatic carboxylic acids is 1. The third-order valence-electron chi connectivity index (χ3n) is 14.3. The van der Waals surface area contributed by atoms with Gasteiger partial charge in [0, 0.05) is 11.5 Å². The molecule has 5 aliphatic rings. The number of phenolic OH excluding ortho intramolecular Hbond substituents is 1. The molecular formula is C39H54O5. The number of carboxylic acid groups (broad SMARTS) is 1. The Bertz CT molecular complexity index is 1390. The molecule has 2 N–H and O–H groups in total. The van der Waals surface area contributed by atoms with E-state index in [1.807, 2.05) is 0 Å². The van der Waals surface area contributed by atoms with Crippen molar-refractivity contribution in [2.75, 3.05) is 0 Å². The molecule has 0 aliphatic heterocycles. The molecule has 0 saturated heterocycles. The topological polar surface area (TPSA) is 83.8 Å². The summed E-state index contributed by atoms with van der Waals surface area (Å²) in [4.78, 5) is 25.9. The van der Waals surface area contributed by atoms with Gasteiger partial charge in [-0.15, -0.1) is 0 Å². The molecular weight excluding hydrogens is 548 g/mol. The number of carbonyl (C=O) groups is 2. The van der Waals surface area contributed by atoms with E-state index >= 15 is 0 Å². The summed E-state index contributed by atoms with van der Waals surface area (Å²) in [7, 11) is 0. The van der Waals surface area contributed by atoms with Gasteiger partial charge in [-0.25, -0.2) is 4.79 Å². The van der Waals surface area contributed by atoms with E-state index in [0.717, 1.165) is 63.4 Å². The number of hydrogen-bond donors (Lipinski definition) is 2. The zero-order chi connectivity index (χ0) is 31.9. The minimum absolute atomic E-state index is 0.0664. The van der Waals surface area contributed by atoms with E-state index in [4.69, 9.17) is 4.74 Å². The highest BCUT2D eigenvalue weighted by Crippen LogP contribution is 2.75. The van der Waals surface area contributed by atoms with Crippen LogP contribution in [0.4, 0.5) is 0 Å². The van der Waals surface area contributed by atoms with E-state index in [9.17, 15) is 19.8 Å². The van der Waals surface area contributed by atoms with Crippen LogP contribution in [0.1, 0.15) is 118 Å². The Morgan fingerprint density at radius 2 is 1.45 bits per heavy atom. The van der Waals surface area contributed by atoms with Crippen molar-refractivity contribution in [2.45, 2.75) is 119 Å². The van der Waals surface area contributed by atoms with Crippen LogP contribution >= 0.6 is 0 Å². The summed E-state index contributed by atoms with van der Waals surface area (Å²) in [6.45, 7) is 16.8. The highest BCUT2D eigenvalue weighted by Gasteiger charge is 2.68. The van der Waals surface area contributed by atoms with Crippen LogP contribution in [-0.4, -0.2) is 28.3 Å². The van der Waals surface area contributed by atoms with Crippen molar-refractivity contribution in [1.29, 1.82) is 0 Å². The summed E-state index contributed by atoms with van der Waals surface area (Å²) in [5.74, 6) is 0.478. The average Bonchev–Trinajstić information content (AvgIpc) is 2.94. The summed E-state index contributed by atoms with van der Waals surface area (Å²) in [5, 5.41) is 20.2. The van der Waals surface area contributed by atoms with Crippen LogP contribution in [0, 0.1) is 50.2 Å². The third kappa shape index (κ3) is 4.61. The maximum atomic E-state index is 13.0. The average molecular weight is 603 g/mol. The fourth-order valence-electron chi connectivity index (χ4n) is 12.0. The van der Waals surface area contributed by atoms with Crippen molar-refractivity contribution in [2.24, 2.45) is 50.2 Å². The number of aromatic hydroxyl groups is 1. The maximum Gasteiger partial charge on any atom is 0.331 e. The molecule has 8 atom stereocenters. The normalized spacial score (nSPS) is 42.2. The first-order valence-electron chi connectivity index (χ1n) is 17.1. The summed E-state index contributed by atoms with van der Waals surface area (Å²) in [5.41, 5.74) is 1.95. The first-order valence-corrected chi connectivity index (χ1v) is 17.1. The fraction of sp³-hybridized carbons (Fsp3) is 0.692. The minimum atomic E-state index is -0.626. The molecule has 5 heteroatoms. The first-order chi connectivity index (χ1) is 20.5. The lowest BCUT2D eigenvalue weighted by molar-refractivity contribution is -0.199. The fourth-order valence-corrected chi connectivity index (χ4v) is 12.0. The van der Waals surface area contributed by atoms with Crippen molar-refractivity contribution in [1.82, 2.24) is 0 Å². The highest BCUT2D eigenvalue weighted by molar-refractivity contribution is 5.87. The van der Waals surface area contributed by atoms with Gasteiger partial charge in [0.15, 0.2) is 0 Å². The lowest BCUT2D eigenvalue weighted by atomic mass is 9.34. The Morgan fingerprint density at radius 3 is 2.11 bits per heavy atom. The number of hydrogen-bond acceptors (Lipinski definition) is 4. The van der Waals surface area contributed by atoms with Crippen molar-refractivity contribution in [3.63, 3.8) is 0 Å². The van der Waals surface area contributed by atoms with Gasteiger partial charge in [-0.05, 0) is 127 Å². The molecule has 44 heavy (non-hydrogen) atoms. The zero-order valence-electron chi connectivity index (χ0n) is 28.0. The number of rotatable bonds is 4. The molecule has 1 aromatic rings. The summed E-state index contributed by atoms with van der Waals surface area (Å²) >= 11 is 0. The van der Waals surface area contributed by atoms with Crippen LogP contribution in [0.25, 0.3) is 6.08 Å². The lowest BCUT2D eigenvalue weighted by Gasteiger charge is -2.70. The van der Waals surface area contributed by atoms with Crippen LogP contribution in [0.3, 0.4) is 0 Å². The lowest BCUT2D eigenvalue weighted by Crippen LogP contribution is -2.64. The van der Waals surface area contributed by atoms with Gasteiger partial charge in [-0.3, -0.25) is 4.79 Å². The molecule has 1 aromatic carbocycles. The predicted molar refractivity (Wildman–Crippen MR) is 174 cm³/mol. The Morgan fingerprint density at radius 1 is 0.818 bits per heavy atom. The van der Waals surface area contributed by atoms with Gasteiger partial charge in [0.1, 0.15) is 11.9 Å². The van der Waals surface area contributed by atoms with Gasteiger partial charge in [0.2, 0.25) is 0 Å². The Kier molecular flexibility index (Phi) is 7.30. The number of carbonyl (C=O) groups excluding carboxylic acids is 1. The van der Waals surface area contributed by atoms with Crippen molar-refractivity contribution in [3.8, 4) is 5.75 Å². The molecule has 5 nitrogen and oxygen atoms in total. The van der Waals surface area contributed by atoms with Gasteiger partial charge >= 0.3 is 11.9 Å². The van der Waals surface area contributed by atoms with Gasteiger partial charge in [-0.2, -0.15) is 0 Å².